The monoisotopic (exact) mass is 269 g/mol. The molecule has 0 unspecified atom stereocenters. The van der Waals surface area contributed by atoms with Gasteiger partial charge in [0, 0.05) is 0 Å². The van der Waals surface area contributed by atoms with Gasteiger partial charge in [-0.3, -0.25) is 0 Å². The Morgan fingerprint density at radius 3 is 2.84 bits per heavy atom. The first-order chi connectivity index (χ1) is 9.10. The van der Waals surface area contributed by atoms with Crippen LogP contribution in [0.3, 0.4) is 0 Å². The molecule has 6 heteroatoms. The molecule has 3 aromatic rings. The lowest BCUT2D eigenvalue weighted by Crippen LogP contribution is -2.01. The molecule has 0 bridgehead atoms. The van der Waals surface area contributed by atoms with Gasteiger partial charge in [-0.15, -0.1) is 0 Å². The van der Waals surface area contributed by atoms with Gasteiger partial charge in [0.2, 0.25) is 5.13 Å². The topological polar surface area (TPSA) is 80.5 Å². The van der Waals surface area contributed by atoms with Gasteiger partial charge in [0.05, 0.1) is 16.4 Å². The third-order valence-corrected chi connectivity index (χ3v) is 3.90. The van der Waals surface area contributed by atoms with E-state index >= 15 is 0 Å². The Bertz CT molecular complexity index is 822. The molecule has 0 atom stereocenters. The van der Waals surface area contributed by atoms with Crippen LogP contribution in [0, 0.1) is 25.2 Å². The van der Waals surface area contributed by atoms with E-state index in [-0.39, 0.29) is 0 Å². The van der Waals surface area contributed by atoms with E-state index in [9.17, 15) is 0 Å². The van der Waals surface area contributed by atoms with Crippen LogP contribution in [0.25, 0.3) is 15.3 Å². The van der Waals surface area contributed by atoms with Gasteiger partial charge in [0.25, 0.3) is 0 Å². The summed E-state index contributed by atoms with van der Waals surface area (Å²) >= 11 is 1.52. The van der Waals surface area contributed by atoms with Crippen molar-refractivity contribution in [1.29, 1.82) is 5.26 Å². The van der Waals surface area contributed by atoms with Crippen molar-refractivity contribution in [3.05, 3.63) is 35.0 Å². The molecule has 0 aliphatic carbocycles. The molecule has 0 aliphatic rings. The third kappa shape index (κ3) is 1.75. The zero-order valence-corrected chi connectivity index (χ0v) is 11.3. The van der Waals surface area contributed by atoms with Gasteiger partial charge in [0.15, 0.2) is 0 Å². The number of benzene rings is 1. The zero-order valence-electron chi connectivity index (χ0n) is 10.5. The smallest absolute Gasteiger partial charge is 0.213 e. The Labute approximate surface area is 113 Å². The van der Waals surface area contributed by atoms with Crippen LogP contribution in [0.1, 0.15) is 16.7 Å². The number of nitriles is 1. The van der Waals surface area contributed by atoms with E-state index in [1.807, 2.05) is 13.0 Å². The minimum atomic E-state index is 0.330. The highest BCUT2D eigenvalue weighted by atomic mass is 32.1. The molecular weight excluding hydrogens is 258 g/mol. The Hall–Kier alpha value is -2.39. The summed E-state index contributed by atoms with van der Waals surface area (Å²) in [5.74, 6) is 0.330. The Morgan fingerprint density at radius 2 is 2.16 bits per heavy atom. The number of nitrogens with two attached hydrogens (primary N) is 1. The molecule has 0 aliphatic heterocycles. The van der Waals surface area contributed by atoms with Crippen LogP contribution < -0.4 is 5.73 Å². The molecule has 0 amide bonds. The second-order valence-electron chi connectivity index (χ2n) is 4.39. The number of fused-ring (bicyclic) bond motifs is 1. The van der Waals surface area contributed by atoms with Gasteiger partial charge in [-0.05, 0) is 31.0 Å². The first-order valence-corrected chi connectivity index (χ1v) is 6.53. The fourth-order valence-electron chi connectivity index (χ4n) is 2.05. The van der Waals surface area contributed by atoms with Crippen LogP contribution in [-0.4, -0.2) is 14.8 Å². The minimum absolute atomic E-state index is 0.330. The van der Waals surface area contributed by atoms with E-state index < -0.39 is 0 Å². The normalized spacial score (nSPS) is 10.8. The van der Waals surface area contributed by atoms with Gasteiger partial charge in [0.1, 0.15) is 17.5 Å². The molecule has 5 nitrogen and oxygen atoms in total. The van der Waals surface area contributed by atoms with Crippen molar-refractivity contribution in [1.82, 2.24) is 14.8 Å². The molecule has 0 fully saturated rings. The number of thiazole rings is 1. The van der Waals surface area contributed by atoms with Crippen LogP contribution in [-0.2, 0) is 0 Å². The number of nitrogens with zero attached hydrogens (tertiary/aromatic N) is 4. The van der Waals surface area contributed by atoms with Crippen LogP contribution in [0.15, 0.2) is 18.3 Å². The van der Waals surface area contributed by atoms with Gasteiger partial charge < -0.3 is 5.73 Å². The van der Waals surface area contributed by atoms with Crippen LogP contribution in [0.4, 0.5) is 5.82 Å². The number of rotatable bonds is 1. The Morgan fingerprint density at radius 1 is 1.37 bits per heavy atom. The number of aromatic nitrogens is 3. The van der Waals surface area contributed by atoms with E-state index in [0.717, 1.165) is 15.8 Å². The van der Waals surface area contributed by atoms with Crippen molar-refractivity contribution in [3.8, 4) is 11.2 Å². The fraction of sp³-hybridized carbons (Fsp3) is 0.154. The number of hydrogen-bond acceptors (Lipinski definition) is 5. The van der Waals surface area contributed by atoms with E-state index in [1.54, 1.807) is 0 Å². The van der Waals surface area contributed by atoms with Crippen molar-refractivity contribution in [2.24, 2.45) is 0 Å². The summed E-state index contributed by atoms with van der Waals surface area (Å²) in [6.45, 7) is 4.09. The highest BCUT2D eigenvalue weighted by Gasteiger charge is 2.13. The maximum absolute atomic E-state index is 8.90. The summed E-state index contributed by atoms with van der Waals surface area (Å²) < 4.78 is 2.61. The van der Waals surface area contributed by atoms with E-state index in [0.29, 0.717) is 16.5 Å². The second kappa shape index (κ2) is 4.07. The lowest BCUT2D eigenvalue weighted by molar-refractivity contribution is 0.883. The first-order valence-electron chi connectivity index (χ1n) is 5.72. The van der Waals surface area contributed by atoms with Gasteiger partial charge in [-0.2, -0.15) is 15.0 Å². The Balaban J connectivity index is 2.24. The van der Waals surface area contributed by atoms with Crippen molar-refractivity contribution >= 4 is 27.4 Å². The lowest BCUT2D eigenvalue weighted by Gasteiger charge is -1.97. The molecule has 19 heavy (non-hydrogen) atoms. The lowest BCUT2D eigenvalue weighted by atomic mass is 10.1. The van der Waals surface area contributed by atoms with E-state index in [2.05, 4.69) is 29.1 Å². The van der Waals surface area contributed by atoms with Gasteiger partial charge >= 0.3 is 0 Å². The maximum atomic E-state index is 8.90. The standard InChI is InChI=1S/C13H11N5S/c1-7-3-8(2)11-10(4-7)19-13(17-11)18-12(15)9(5-14)6-16-18/h3-4,6H,15H2,1-2H3. The summed E-state index contributed by atoms with van der Waals surface area (Å²) in [5.41, 5.74) is 9.53. The van der Waals surface area contributed by atoms with E-state index in [1.165, 1.54) is 27.8 Å². The summed E-state index contributed by atoms with van der Waals surface area (Å²) in [6, 6.07) is 6.20. The van der Waals surface area contributed by atoms with Crippen LogP contribution in [0.5, 0.6) is 0 Å². The third-order valence-electron chi connectivity index (χ3n) is 2.93. The summed E-state index contributed by atoms with van der Waals surface area (Å²) in [5, 5.41) is 13.7. The highest BCUT2D eigenvalue weighted by molar-refractivity contribution is 7.20. The molecule has 3 rings (SSSR count). The average molecular weight is 269 g/mol. The molecule has 0 spiro atoms. The first kappa shape index (κ1) is 11.7. The van der Waals surface area contributed by atoms with Crippen LogP contribution >= 0.6 is 11.3 Å². The number of nitrogen functional groups attached to an aromatic ring is 1. The largest absolute Gasteiger partial charge is 0.382 e. The predicted octanol–water partition coefficient (Wildman–Crippen LogP) is 2.55. The molecule has 2 heterocycles. The zero-order chi connectivity index (χ0) is 13.6. The molecule has 94 valence electrons. The molecule has 0 radical (unpaired) electrons. The Kier molecular flexibility index (Phi) is 2.50. The molecule has 0 saturated carbocycles. The van der Waals surface area contributed by atoms with Crippen molar-refractivity contribution in [2.45, 2.75) is 13.8 Å². The molecular formula is C13H11N5S. The summed E-state index contributed by atoms with van der Waals surface area (Å²) in [6.07, 6.45) is 1.46. The summed E-state index contributed by atoms with van der Waals surface area (Å²) in [7, 11) is 0. The summed E-state index contributed by atoms with van der Waals surface area (Å²) in [4.78, 5) is 4.56. The maximum Gasteiger partial charge on any atom is 0.213 e. The van der Waals surface area contributed by atoms with Crippen LogP contribution in [0.2, 0.25) is 0 Å². The number of aryl methyl sites for hydroxylation is 2. The SMILES string of the molecule is Cc1cc(C)c2nc(-n3ncc(C#N)c3N)sc2c1. The van der Waals surface area contributed by atoms with E-state index in [4.69, 9.17) is 11.0 Å². The highest BCUT2D eigenvalue weighted by Crippen LogP contribution is 2.29. The predicted molar refractivity (Wildman–Crippen MR) is 75.3 cm³/mol. The number of anilines is 1. The fourth-order valence-corrected chi connectivity index (χ4v) is 3.16. The second-order valence-corrected chi connectivity index (χ2v) is 5.40. The van der Waals surface area contributed by atoms with Crippen molar-refractivity contribution in [2.75, 3.05) is 5.73 Å². The van der Waals surface area contributed by atoms with Crippen molar-refractivity contribution < 1.29 is 0 Å². The quantitative estimate of drug-likeness (QED) is 0.736. The molecule has 0 saturated heterocycles. The molecule has 2 aromatic heterocycles. The molecule has 2 N–H and O–H groups in total. The van der Waals surface area contributed by atoms with Crippen molar-refractivity contribution in [3.63, 3.8) is 0 Å². The number of hydrogen-bond donors (Lipinski definition) is 1. The van der Waals surface area contributed by atoms with Gasteiger partial charge in [-0.25, -0.2) is 4.98 Å². The molecule has 1 aromatic carbocycles. The van der Waals surface area contributed by atoms with Gasteiger partial charge in [-0.1, -0.05) is 17.4 Å². The average Bonchev–Trinajstić information content (AvgIpc) is 2.92. The minimum Gasteiger partial charge on any atom is -0.382 e.